The summed E-state index contributed by atoms with van der Waals surface area (Å²) in [7, 11) is 0. The number of hydrogen-bond donors (Lipinski definition) is 1. The Morgan fingerprint density at radius 3 is 2.63 bits per heavy atom. The molecule has 2 N–H and O–H groups in total. The molecule has 0 saturated carbocycles. The fraction of sp³-hybridized carbons (Fsp3) is 0.429. The molecule has 0 saturated heterocycles. The summed E-state index contributed by atoms with van der Waals surface area (Å²) in [6.45, 7) is 7.70. The lowest BCUT2D eigenvalue weighted by Crippen LogP contribution is -2.26. The van der Waals surface area contributed by atoms with Crippen LogP contribution >= 0.6 is 12.2 Å². The second kappa shape index (κ2) is 6.12. The fourth-order valence-corrected chi connectivity index (χ4v) is 2.35. The summed E-state index contributed by atoms with van der Waals surface area (Å²) in [4.78, 5) is 7.53. The van der Waals surface area contributed by atoms with E-state index in [4.69, 9.17) is 22.9 Å². The SMILES string of the molecule is CCN(CC)Cc1nc2ccccc2n1CC(N)=S. The molecule has 0 unspecified atom stereocenters. The highest BCUT2D eigenvalue weighted by molar-refractivity contribution is 7.80. The van der Waals surface area contributed by atoms with Gasteiger partial charge in [-0.05, 0) is 25.2 Å². The molecule has 0 spiro atoms. The van der Waals surface area contributed by atoms with Crippen molar-refractivity contribution >= 4 is 28.2 Å². The Morgan fingerprint density at radius 2 is 2.00 bits per heavy atom. The predicted octanol–water partition coefficient (Wildman–Crippen LogP) is 2.16. The first-order valence-corrected chi connectivity index (χ1v) is 7.01. The van der Waals surface area contributed by atoms with Gasteiger partial charge in [-0.3, -0.25) is 4.90 Å². The summed E-state index contributed by atoms with van der Waals surface area (Å²) in [5.41, 5.74) is 7.80. The van der Waals surface area contributed by atoms with Gasteiger partial charge >= 0.3 is 0 Å². The highest BCUT2D eigenvalue weighted by Crippen LogP contribution is 2.17. The van der Waals surface area contributed by atoms with E-state index < -0.39 is 0 Å². The molecule has 0 radical (unpaired) electrons. The van der Waals surface area contributed by atoms with Crippen LogP contribution in [0.25, 0.3) is 11.0 Å². The molecule has 2 rings (SSSR count). The number of fused-ring (bicyclic) bond motifs is 1. The van der Waals surface area contributed by atoms with Gasteiger partial charge in [0.1, 0.15) is 5.82 Å². The summed E-state index contributed by atoms with van der Waals surface area (Å²) in [6, 6.07) is 8.10. The molecule has 0 aliphatic heterocycles. The highest BCUT2D eigenvalue weighted by Gasteiger charge is 2.13. The van der Waals surface area contributed by atoms with E-state index in [2.05, 4.69) is 29.4 Å². The molecule has 102 valence electrons. The van der Waals surface area contributed by atoms with Gasteiger partial charge in [-0.15, -0.1) is 0 Å². The topological polar surface area (TPSA) is 47.1 Å². The molecule has 1 aromatic carbocycles. The van der Waals surface area contributed by atoms with E-state index in [0.717, 1.165) is 36.5 Å². The smallest absolute Gasteiger partial charge is 0.124 e. The molecule has 2 aromatic rings. The number of benzene rings is 1. The molecule has 0 atom stereocenters. The zero-order valence-corrected chi connectivity index (χ0v) is 12.3. The van der Waals surface area contributed by atoms with Crippen LogP contribution in [0.3, 0.4) is 0 Å². The first kappa shape index (κ1) is 14.0. The van der Waals surface area contributed by atoms with E-state index in [1.165, 1.54) is 0 Å². The number of nitrogens with two attached hydrogens (primary N) is 1. The molecule has 0 bridgehead atoms. The third-order valence-electron chi connectivity index (χ3n) is 3.31. The summed E-state index contributed by atoms with van der Waals surface area (Å²) in [5, 5.41) is 0. The van der Waals surface area contributed by atoms with Gasteiger partial charge in [0.25, 0.3) is 0 Å². The minimum Gasteiger partial charge on any atom is -0.392 e. The molecule has 0 aliphatic rings. The highest BCUT2D eigenvalue weighted by atomic mass is 32.1. The van der Waals surface area contributed by atoms with Crippen LogP contribution in [-0.2, 0) is 13.1 Å². The second-order valence-electron chi connectivity index (χ2n) is 4.53. The lowest BCUT2D eigenvalue weighted by molar-refractivity contribution is 0.285. The van der Waals surface area contributed by atoms with E-state index in [1.54, 1.807) is 0 Å². The molecule has 0 amide bonds. The number of thiocarbonyl (C=S) groups is 1. The monoisotopic (exact) mass is 276 g/mol. The van der Waals surface area contributed by atoms with Crippen molar-refractivity contribution in [2.45, 2.75) is 26.9 Å². The number of nitrogens with zero attached hydrogens (tertiary/aromatic N) is 3. The molecule has 5 heteroatoms. The Kier molecular flexibility index (Phi) is 4.50. The van der Waals surface area contributed by atoms with E-state index in [0.29, 0.717) is 11.5 Å². The maximum absolute atomic E-state index is 5.71. The Bertz CT molecular complexity index is 572. The fourth-order valence-electron chi connectivity index (χ4n) is 2.23. The predicted molar refractivity (Wildman–Crippen MR) is 83.1 cm³/mol. The molecule has 0 fully saturated rings. The zero-order chi connectivity index (χ0) is 13.8. The van der Waals surface area contributed by atoms with Gasteiger partial charge in [0.15, 0.2) is 0 Å². The largest absolute Gasteiger partial charge is 0.392 e. The van der Waals surface area contributed by atoms with Crippen molar-refractivity contribution in [3.05, 3.63) is 30.1 Å². The van der Waals surface area contributed by atoms with Crippen molar-refractivity contribution in [3.8, 4) is 0 Å². The average Bonchev–Trinajstić information content (AvgIpc) is 2.73. The second-order valence-corrected chi connectivity index (χ2v) is 5.05. The molecule has 4 nitrogen and oxygen atoms in total. The standard InChI is InChI=1S/C14H20N4S/c1-3-17(4-2)10-14-16-11-7-5-6-8-12(11)18(14)9-13(15)19/h5-8H,3-4,9-10H2,1-2H3,(H2,15,19). The van der Waals surface area contributed by atoms with Gasteiger partial charge in [0, 0.05) is 0 Å². The number of para-hydroxylation sites is 2. The van der Waals surface area contributed by atoms with E-state index in [1.807, 2.05) is 18.2 Å². The minimum absolute atomic E-state index is 0.490. The maximum atomic E-state index is 5.71. The molecular formula is C14H20N4S. The van der Waals surface area contributed by atoms with Gasteiger partial charge in [-0.25, -0.2) is 4.98 Å². The first-order chi connectivity index (χ1) is 9.15. The Hall–Kier alpha value is -1.46. The van der Waals surface area contributed by atoms with Crippen molar-refractivity contribution in [3.63, 3.8) is 0 Å². The van der Waals surface area contributed by atoms with Crippen LogP contribution < -0.4 is 5.73 Å². The van der Waals surface area contributed by atoms with Crippen molar-refractivity contribution in [2.75, 3.05) is 13.1 Å². The van der Waals surface area contributed by atoms with Crippen LogP contribution in [0.15, 0.2) is 24.3 Å². The van der Waals surface area contributed by atoms with Gasteiger partial charge in [0.2, 0.25) is 0 Å². The first-order valence-electron chi connectivity index (χ1n) is 6.60. The van der Waals surface area contributed by atoms with Crippen molar-refractivity contribution < 1.29 is 0 Å². The molecule has 0 aliphatic carbocycles. The summed E-state index contributed by atoms with van der Waals surface area (Å²) < 4.78 is 2.12. The van der Waals surface area contributed by atoms with Crippen molar-refractivity contribution in [2.24, 2.45) is 5.73 Å². The zero-order valence-electron chi connectivity index (χ0n) is 11.5. The Morgan fingerprint density at radius 1 is 1.32 bits per heavy atom. The van der Waals surface area contributed by atoms with Crippen LogP contribution in [0, 0.1) is 0 Å². The molecule has 19 heavy (non-hydrogen) atoms. The third-order valence-corrected chi connectivity index (χ3v) is 3.44. The molecule has 1 heterocycles. The minimum atomic E-state index is 0.490. The maximum Gasteiger partial charge on any atom is 0.124 e. The van der Waals surface area contributed by atoms with Crippen LogP contribution in [0.2, 0.25) is 0 Å². The van der Waals surface area contributed by atoms with E-state index in [9.17, 15) is 0 Å². The number of rotatable bonds is 6. The van der Waals surface area contributed by atoms with Gasteiger partial charge in [-0.2, -0.15) is 0 Å². The molecular weight excluding hydrogens is 256 g/mol. The average molecular weight is 276 g/mol. The number of hydrogen-bond acceptors (Lipinski definition) is 3. The summed E-state index contributed by atoms with van der Waals surface area (Å²) in [6.07, 6.45) is 0. The van der Waals surface area contributed by atoms with Crippen LogP contribution in [0.5, 0.6) is 0 Å². The quantitative estimate of drug-likeness (QED) is 0.821. The van der Waals surface area contributed by atoms with E-state index >= 15 is 0 Å². The van der Waals surface area contributed by atoms with Crippen molar-refractivity contribution in [1.82, 2.24) is 14.5 Å². The van der Waals surface area contributed by atoms with Gasteiger partial charge in [0.05, 0.1) is 29.1 Å². The van der Waals surface area contributed by atoms with Gasteiger partial charge < -0.3 is 10.3 Å². The number of imidazole rings is 1. The Balaban J connectivity index is 2.43. The van der Waals surface area contributed by atoms with Crippen molar-refractivity contribution in [1.29, 1.82) is 0 Å². The normalized spacial score (nSPS) is 11.3. The van der Waals surface area contributed by atoms with E-state index in [-0.39, 0.29) is 0 Å². The summed E-state index contributed by atoms with van der Waals surface area (Å²) in [5.74, 6) is 1.03. The van der Waals surface area contributed by atoms with Gasteiger partial charge in [-0.1, -0.05) is 38.2 Å². The summed E-state index contributed by atoms with van der Waals surface area (Å²) >= 11 is 5.05. The lowest BCUT2D eigenvalue weighted by atomic mass is 10.3. The number of aromatic nitrogens is 2. The van der Waals surface area contributed by atoms with Crippen LogP contribution in [0.4, 0.5) is 0 Å². The lowest BCUT2D eigenvalue weighted by Gasteiger charge is -2.18. The Labute approximate surface area is 119 Å². The molecule has 1 aromatic heterocycles. The van der Waals surface area contributed by atoms with Crippen LogP contribution in [0.1, 0.15) is 19.7 Å². The van der Waals surface area contributed by atoms with Crippen LogP contribution in [-0.4, -0.2) is 32.5 Å². The third kappa shape index (κ3) is 3.11.